The Balaban J connectivity index is 2.37. The highest BCUT2D eigenvalue weighted by Crippen LogP contribution is 2.51. The van der Waals surface area contributed by atoms with Gasteiger partial charge in [-0.1, -0.05) is 38.4 Å². The van der Waals surface area contributed by atoms with Gasteiger partial charge in [0.05, 0.1) is 7.85 Å². The second-order valence-electron chi connectivity index (χ2n) is 3.15. The third kappa shape index (κ3) is 0.786. The predicted octanol–water partition coefficient (Wildman–Crippen LogP) is 2.15. The van der Waals surface area contributed by atoms with E-state index in [1.807, 2.05) is 0 Å². The van der Waals surface area contributed by atoms with Gasteiger partial charge in [-0.05, 0) is 5.92 Å². The molecule has 0 N–H and O–H groups in total. The highest BCUT2D eigenvalue weighted by Gasteiger charge is 2.35. The minimum Gasteiger partial charge on any atom is -0.0674 e. The van der Waals surface area contributed by atoms with Crippen molar-refractivity contribution in [3.8, 4) is 0 Å². The monoisotopic (exact) mass is 108 g/mol. The summed E-state index contributed by atoms with van der Waals surface area (Å²) in [6.07, 6.45) is 3.84. The summed E-state index contributed by atoms with van der Waals surface area (Å²) in [4.78, 5) is 0. The molecular formula is C7H13B. The van der Waals surface area contributed by atoms with E-state index in [-0.39, 0.29) is 5.31 Å². The van der Waals surface area contributed by atoms with E-state index in [9.17, 15) is 0 Å². The van der Waals surface area contributed by atoms with Gasteiger partial charge in [-0.15, -0.1) is 0 Å². The quantitative estimate of drug-likeness (QED) is 0.451. The van der Waals surface area contributed by atoms with E-state index < -0.39 is 0 Å². The van der Waals surface area contributed by atoms with Crippen molar-refractivity contribution < 1.29 is 0 Å². The van der Waals surface area contributed by atoms with Crippen molar-refractivity contribution in [2.75, 3.05) is 0 Å². The Bertz CT molecular complexity index is 84.4. The summed E-state index contributed by atoms with van der Waals surface area (Å²) in [5, 5.41) is 0.189. The lowest BCUT2D eigenvalue weighted by Gasteiger charge is -2.44. The lowest BCUT2D eigenvalue weighted by Crippen LogP contribution is -2.30. The van der Waals surface area contributed by atoms with Crippen molar-refractivity contribution in [3.63, 3.8) is 0 Å². The molecule has 0 aromatic rings. The first kappa shape index (κ1) is 6.19. The molecule has 1 fully saturated rings. The SMILES string of the molecule is [B]C1(C)CCC1CC. The van der Waals surface area contributed by atoms with Gasteiger partial charge in [0.2, 0.25) is 0 Å². The maximum atomic E-state index is 5.88. The normalized spacial score (nSPS) is 46.0. The minimum absolute atomic E-state index is 0.189. The Labute approximate surface area is 53.1 Å². The number of hydrogen-bond acceptors (Lipinski definition) is 0. The average molecular weight is 108 g/mol. The molecule has 0 bridgehead atoms. The van der Waals surface area contributed by atoms with Crippen molar-refractivity contribution >= 4 is 7.85 Å². The Kier molecular flexibility index (Phi) is 1.38. The molecule has 0 saturated heterocycles. The van der Waals surface area contributed by atoms with Crippen LogP contribution in [0, 0.1) is 5.92 Å². The summed E-state index contributed by atoms with van der Waals surface area (Å²) in [7, 11) is 5.88. The molecule has 1 rings (SSSR count). The number of rotatable bonds is 1. The van der Waals surface area contributed by atoms with Gasteiger partial charge >= 0.3 is 0 Å². The van der Waals surface area contributed by atoms with Crippen molar-refractivity contribution in [2.24, 2.45) is 5.92 Å². The first-order valence-electron chi connectivity index (χ1n) is 3.45. The molecule has 8 heavy (non-hydrogen) atoms. The van der Waals surface area contributed by atoms with Crippen LogP contribution < -0.4 is 0 Å². The Hall–Kier alpha value is 0.0649. The van der Waals surface area contributed by atoms with Crippen LogP contribution in [-0.4, -0.2) is 7.85 Å². The van der Waals surface area contributed by atoms with Gasteiger partial charge in [0.1, 0.15) is 0 Å². The van der Waals surface area contributed by atoms with Gasteiger partial charge in [-0.2, -0.15) is 0 Å². The lowest BCUT2D eigenvalue weighted by molar-refractivity contribution is 0.211. The fraction of sp³-hybridized carbons (Fsp3) is 1.00. The van der Waals surface area contributed by atoms with Crippen molar-refractivity contribution in [3.05, 3.63) is 0 Å². The maximum absolute atomic E-state index is 5.88. The van der Waals surface area contributed by atoms with Gasteiger partial charge in [0, 0.05) is 0 Å². The maximum Gasteiger partial charge on any atom is 0.0746 e. The molecule has 1 saturated carbocycles. The van der Waals surface area contributed by atoms with Crippen LogP contribution in [0.3, 0.4) is 0 Å². The van der Waals surface area contributed by atoms with E-state index >= 15 is 0 Å². The summed E-state index contributed by atoms with van der Waals surface area (Å²) < 4.78 is 0. The highest BCUT2D eigenvalue weighted by atomic mass is 14.4. The van der Waals surface area contributed by atoms with Crippen molar-refractivity contribution in [1.82, 2.24) is 0 Å². The standard InChI is InChI=1S/C7H13B/c1-3-6-4-5-7(6,2)8/h6H,3-5H2,1-2H3. The van der Waals surface area contributed by atoms with E-state index in [4.69, 9.17) is 7.85 Å². The molecule has 1 aliphatic carbocycles. The van der Waals surface area contributed by atoms with Crippen LogP contribution in [0.25, 0.3) is 0 Å². The third-order valence-electron chi connectivity index (χ3n) is 2.46. The van der Waals surface area contributed by atoms with Crippen LogP contribution in [0.2, 0.25) is 5.31 Å². The van der Waals surface area contributed by atoms with E-state index in [0.29, 0.717) is 0 Å². The topological polar surface area (TPSA) is 0 Å². The fourth-order valence-electron chi connectivity index (χ4n) is 1.47. The van der Waals surface area contributed by atoms with Crippen LogP contribution in [-0.2, 0) is 0 Å². The van der Waals surface area contributed by atoms with Gasteiger partial charge in [-0.25, -0.2) is 0 Å². The largest absolute Gasteiger partial charge is 0.0746 e. The van der Waals surface area contributed by atoms with Gasteiger partial charge in [0.15, 0.2) is 0 Å². The predicted molar refractivity (Wildman–Crippen MR) is 37.1 cm³/mol. The second kappa shape index (κ2) is 1.79. The molecule has 1 heteroatoms. The fourth-order valence-corrected chi connectivity index (χ4v) is 1.47. The molecule has 2 atom stereocenters. The molecule has 1 aliphatic rings. The van der Waals surface area contributed by atoms with Crippen molar-refractivity contribution in [2.45, 2.75) is 38.4 Å². The zero-order valence-corrected chi connectivity index (χ0v) is 5.78. The van der Waals surface area contributed by atoms with E-state index in [2.05, 4.69) is 13.8 Å². The molecule has 0 aliphatic heterocycles. The van der Waals surface area contributed by atoms with Gasteiger partial charge in [-0.3, -0.25) is 0 Å². The van der Waals surface area contributed by atoms with Crippen LogP contribution in [0.1, 0.15) is 33.1 Å². The Morgan fingerprint density at radius 1 is 1.75 bits per heavy atom. The third-order valence-corrected chi connectivity index (χ3v) is 2.46. The van der Waals surface area contributed by atoms with Crippen LogP contribution in [0.4, 0.5) is 0 Å². The zero-order chi connectivity index (χ0) is 6.20. The molecule has 0 heterocycles. The summed E-state index contributed by atoms with van der Waals surface area (Å²) in [5.41, 5.74) is 0. The molecule has 0 amide bonds. The summed E-state index contributed by atoms with van der Waals surface area (Å²) >= 11 is 0. The first-order valence-corrected chi connectivity index (χ1v) is 3.45. The van der Waals surface area contributed by atoms with E-state index in [0.717, 1.165) is 5.92 Å². The molecule has 0 nitrogen and oxygen atoms in total. The summed E-state index contributed by atoms with van der Waals surface area (Å²) in [5.74, 6) is 0.808. The molecule has 0 spiro atoms. The van der Waals surface area contributed by atoms with Crippen molar-refractivity contribution in [1.29, 1.82) is 0 Å². The Morgan fingerprint density at radius 3 is 2.38 bits per heavy atom. The van der Waals surface area contributed by atoms with E-state index in [1.165, 1.54) is 19.3 Å². The molecule has 0 aromatic heterocycles. The van der Waals surface area contributed by atoms with Crippen LogP contribution >= 0.6 is 0 Å². The molecule has 44 valence electrons. The van der Waals surface area contributed by atoms with Gasteiger partial charge < -0.3 is 0 Å². The lowest BCUT2D eigenvalue weighted by atomic mass is 9.49. The highest BCUT2D eigenvalue weighted by molar-refractivity contribution is 6.15. The van der Waals surface area contributed by atoms with Gasteiger partial charge in [0.25, 0.3) is 0 Å². The molecule has 0 aromatic carbocycles. The molecular weight excluding hydrogens is 94.9 g/mol. The Morgan fingerprint density at radius 2 is 2.38 bits per heavy atom. The molecule has 2 radical (unpaired) electrons. The average Bonchev–Trinajstić information content (AvgIpc) is 1.66. The first-order chi connectivity index (χ1) is 3.67. The summed E-state index contributed by atoms with van der Waals surface area (Å²) in [6, 6.07) is 0. The second-order valence-corrected chi connectivity index (χ2v) is 3.15. The zero-order valence-electron chi connectivity index (χ0n) is 5.78. The van der Waals surface area contributed by atoms with Crippen LogP contribution in [0.15, 0.2) is 0 Å². The molecule has 2 unspecified atom stereocenters. The smallest absolute Gasteiger partial charge is 0.0674 e. The van der Waals surface area contributed by atoms with E-state index in [1.54, 1.807) is 0 Å². The minimum atomic E-state index is 0.189. The summed E-state index contributed by atoms with van der Waals surface area (Å²) in [6.45, 7) is 4.37. The van der Waals surface area contributed by atoms with Crippen LogP contribution in [0.5, 0.6) is 0 Å². The number of hydrogen-bond donors (Lipinski definition) is 0.